The van der Waals surface area contributed by atoms with E-state index >= 15 is 0 Å². The molecule has 0 aromatic heterocycles. The fourth-order valence-corrected chi connectivity index (χ4v) is 0.864. The molecule has 0 fully saturated rings. The number of carbonyl (C=O) groups is 2. The highest BCUT2D eigenvalue weighted by atomic mass is 35.5. The fraction of sp³-hybridized carbons (Fsp3) is 0.714. The van der Waals surface area contributed by atoms with Gasteiger partial charge in [-0.1, -0.05) is 0 Å². The lowest BCUT2D eigenvalue weighted by Gasteiger charge is -2.14. The summed E-state index contributed by atoms with van der Waals surface area (Å²) >= 11 is 5.39. The number of alkyl halides is 1. The Labute approximate surface area is 76.7 Å². The van der Waals surface area contributed by atoms with Crippen LogP contribution in [-0.2, 0) is 9.59 Å². The molecule has 0 aromatic rings. The van der Waals surface area contributed by atoms with E-state index in [2.05, 4.69) is 0 Å². The van der Waals surface area contributed by atoms with Crippen molar-refractivity contribution >= 4 is 23.4 Å². The Kier molecular flexibility index (Phi) is 5.45. The van der Waals surface area contributed by atoms with Gasteiger partial charge in [-0.3, -0.25) is 9.59 Å². The number of nitrogens with zero attached hydrogens (tertiary/aromatic N) is 1. The molecule has 0 saturated carbocycles. The summed E-state index contributed by atoms with van der Waals surface area (Å²) in [4.78, 5) is 22.8. The third-order valence-electron chi connectivity index (χ3n) is 1.34. The van der Waals surface area contributed by atoms with Crippen LogP contribution >= 0.6 is 11.6 Å². The molecule has 0 radical (unpaired) electrons. The lowest BCUT2D eigenvalue weighted by molar-refractivity contribution is -0.133. The van der Waals surface area contributed by atoms with E-state index in [9.17, 15) is 9.59 Å². The van der Waals surface area contributed by atoms with Crippen LogP contribution in [0.4, 0.5) is 0 Å². The molecule has 2 amide bonds. The molecule has 12 heavy (non-hydrogen) atoms. The van der Waals surface area contributed by atoms with Gasteiger partial charge in [-0.05, 0) is 6.42 Å². The molecule has 0 aliphatic carbocycles. The van der Waals surface area contributed by atoms with Crippen LogP contribution < -0.4 is 5.73 Å². The molecular weight excluding hydrogens is 180 g/mol. The van der Waals surface area contributed by atoms with Crippen molar-refractivity contribution < 1.29 is 9.59 Å². The van der Waals surface area contributed by atoms with E-state index in [1.165, 1.54) is 4.90 Å². The Morgan fingerprint density at radius 2 is 2.08 bits per heavy atom. The second-order valence-corrected chi connectivity index (χ2v) is 2.89. The molecule has 5 heteroatoms. The maximum atomic E-state index is 11.1. The summed E-state index contributed by atoms with van der Waals surface area (Å²) in [6.45, 7) is -0.0267. The van der Waals surface area contributed by atoms with Crippen molar-refractivity contribution in [2.75, 3.05) is 19.5 Å². The number of carbonyl (C=O) groups excluding carboxylic acids is 2. The number of amides is 2. The first kappa shape index (κ1) is 11.2. The van der Waals surface area contributed by atoms with Gasteiger partial charge in [-0.15, -0.1) is 11.6 Å². The van der Waals surface area contributed by atoms with Crippen LogP contribution in [0.25, 0.3) is 0 Å². The second-order valence-electron chi connectivity index (χ2n) is 2.51. The summed E-state index contributed by atoms with van der Waals surface area (Å²) in [6.07, 6.45) is 0.997. The van der Waals surface area contributed by atoms with E-state index in [0.717, 1.165) is 0 Å². The highest BCUT2D eigenvalue weighted by Crippen LogP contribution is 1.96. The van der Waals surface area contributed by atoms with E-state index in [-0.39, 0.29) is 12.5 Å². The van der Waals surface area contributed by atoms with Crippen LogP contribution in [0.3, 0.4) is 0 Å². The molecule has 70 valence electrons. The molecule has 0 aliphatic rings. The first-order valence-electron chi connectivity index (χ1n) is 3.66. The molecule has 0 saturated heterocycles. The van der Waals surface area contributed by atoms with Crippen LogP contribution in [-0.4, -0.2) is 36.2 Å². The van der Waals surface area contributed by atoms with E-state index < -0.39 is 5.91 Å². The van der Waals surface area contributed by atoms with Crippen molar-refractivity contribution in [3.05, 3.63) is 0 Å². The first-order valence-corrected chi connectivity index (χ1v) is 4.19. The van der Waals surface area contributed by atoms with E-state index in [0.29, 0.717) is 18.7 Å². The van der Waals surface area contributed by atoms with Crippen molar-refractivity contribution in [1.82, 2.24) is 4.90 Å². The zero-order chi connectivity index (χ0) is 9.56. The summed E-state index contributed by atoms with van der Waals surface area (Å²) in [5, 5.41) is 0. The molecule has 0 aromatic carbocycles. The van der Waals surface area contributed by atoms with Gasteiger partial charge in [0.05, 0.1) is 6.54 Å². The predicted octanol–water partition coefficient (Wildman–Crippen LogP) is -0.0509. The lowest BCUT2D eigenvalue weighted by atomic mass is 10.3. The molecule has 0 spiro atoms. The van der Waals surface area contributed by atoms with E-state index in [1.807, 2.05) is 0 Å². The Balaban J connectivity index is 3.69. The van der Waals surface area contributed by atoms with Gasteiger partial charge in [-0.25, -0.2) is 0 Å². The number of primary amides is 1. The maximum Gasteiger partial charge on any atom is 0.237 e. The van der Waals surface area contributed by atoms with Crippen molar-refractivity contribution in [3.63, 3.8) is 0 Å². The standard InChI is InChI=1S/C7H13ClN2O2/c1-10(5-6(9)11)7(12)3-2-4-8/h2-5H2,1H3,(H2,9,11). The van der Waals surface area contributed by atoms with Gasteiger partial charge in [0, 0.05) is 19.3 Å². The van der Waals surface area contributed by atoms with Crippen molar-refractivity contribution in [2.45, 2.75) is 12.8 Å². The minimum atomic E-state index is -0.503. The summed E-state index contributed by atoms with van der Waals surface area (Å²) in [5.41, 5.74) is 4.90. The van der Waals surface area contributed by atoms with Crippen LogP contribution in [0.15, 0.2) is 0 Å². The normalized spacial score (nSPS) is 9.50. The Morgan fingerprint density at radius 3 is 2.50 bits per heavy atom. The third kappa shape index (κ3) is 4.96. The minimum absolute atomic E-state index is 0.0267. The van der Waals surface area contributed by atoms with Crippen molar-refractivity contribution in [2.24, 2.45) is 5.73 Å². The molecular formula is C7H13ClN2O2. The van der Waals surface area contributed by atoms with Crippen LogP contribution in [0.1, 0.15) is 12.8 Å². The van der Waals surface area contributed by atoms with Crippen LogP contribution in [0.5, 0.6) is 0 Å². The second kappa shape index (κ2) is 5.83. The first-order chi connectivity index (χ1) is 5.57. The molecule has 0 aliphatic heterocycles. The molecule has 4 nitrogen and oxygen atoms in total. The minimum Gasteiger partial charge on any atom is -0.368 e. The summed E-state index contributed by atoms with van der Waals surface area (Å²) in [5.74, 6) is -0.151. The van der Waals surface area contributed by atoms with Gasteiger partial charge in [0.15, 0.2) is 0 Å². The number of hydrogen-bond donors (Lipinski definition) is 1. The molecule has 0 heterocycles. The van der Waals surface area contributed by atoms with Crippen LogP contribution in [0.2, 0.25) is 0 Å². The lowest BCUT2D eigenvalue weighted by Crippen LogP contribution is -2.35. The number of likely N-dealkylation sites (N-methyl/N-ethyl adjacent to an activating group) is 1. The number of rotatable bonds is 5. The van der Waals surface area contributed by atoms with Gasteiger partial charge in [0.2, 0.25) is 11.8 Å². The van der Waals surface area contributed by atoms with Crippen molar-refractivity contribution in [1.29, 1.82) is 0 Å². The van der Waals surface area contributed by atoms with Crippen molar-refractivity contribution in [3.8, 4) is 0 Å². The summed E-state index contributed by atoms with van der Waals surface area (Å²) < 4.78 is 0. The number of nitrogens with two attached hydrogens (primary N) is 1. The SMILES string of the molecule is CN(CC(N)=O)C(=O)CCCCl. The number of hydrogen-bond acceptors (Lipinski definition) is 2. The molecule has 2 N–H and O–H groups in total. The quantitative estimate of drug-likeness (QED) is 0.621. The maximum absolute atomic E-state index is 11.1. The Bertz CT molecular complexity index is 173. The Morgan fingerprint density at radius 1 is 1.50 bits per heavy atom. The van der Waals surface area contributed by atoms with Gasteiger partial charge in [-0.2, -0.15) is 0 Å². The van der Waals surface area contributed by atoms with Gasteiger partial charge in [0.25, 0.3) is 0 Å². The average molecular weight is 193 g/mol. The van der Waals surface area contributed by atoms with E-state index in [1.54, 1.807) is 7.05 Å². The summed E-state index contributed by atoms with van der Waals surface area (Å²) in [7, 11) is 1.54. The van der Waals surface area contributed by atoms with Gasteiger partial charge < -0.3 is 10.6 Å². The fourth-order valence-electron chi connectivity index (χ4n) is 0.731. The topological polar surface area (TPSA) is 63.4 Å². The van der Waals surface area contributed by atoms with Gasteiger partial charge >= 0.3 is 0 Å². The molecule has 0 atom stereocenters. The monoisotopic (exact) mass is 192 g/mol. The average Bonchev–Trinajstić information content (AvgIpc) is 1.98. The Hall–Kier alpha value is -0.770. The summed E-state index contributed by atoms with van der Waals surface area (Å²) in [6, 6.07) is 0. The highest BCUT2D eigenvalue weighted by molar-refractivity contribution is 6.17. The number of halogens is 1. The molecule has 0 rings (SSSR count). The van der Waals surface area contributed by atoms with Gasteiger partial charge in [0.1, 0.15) is 0 Å². The smallest absolute Gasteiger partial charge is 0.237 e. The third-order valence-corrected chi connectivity index (χ3v) is 1.61. The predicted molar refractivity (Wildman–Crippen MR) is 46.8 cm³/mol. The zero-order valence-electron chi connectivity index (χ0n) is 7.05. The molecule has 0 bridgehead atoms. The zero-order valence-corrected chi connectivity index (χ0v) is 7.80. The van der Waals surface area contributed by atoms with Crippen LogP contribution in [0, 0.1) is 0 Å². The molecule has 0 unspecified atom stereocenters. The largest absolute Gasteiger partial charge is 0.368 e. The van der Waals surface area contributed by atoms with E-state index in [4.69, 9.17) is 17.3 Å². The highest BCUT2D eigenvalue weighted by Gasteiger charge is 2.09.